The maximum Gasteiger partial charge on any atom is 0.534 e. The van der Waals surface area contributed by atoms with Crippen LogP contribution in [0.5, 0.6) is 11.5 Å². The fourth-order valence-electron chi connectivity index (χ4n) is 1.39. The highest BCUT2D eigenvalue weighted by Gasteiger charge is 2.49. The summed E-state index contributed by atoms with van der Waals surface area (Å²) in [5, 5.41) is 0. The third-order valence-electron chi connectivity index (χ3n) is 2.36. The lowest BCUT2D eigenvalue weighted by Gasteiger charge is -2.15. The van der Waals surface area contributed by atoms with E-state index in [1.165, 1.54) is 6.92 Å². The number of hydrogen-bond donors (Lipinski definition) is 0. The smallest absolute Gasteiger partial charge is 0.493 e. The topological polar surface area (TPSA) is 78.9 Å². The van der Waals surface area contributed by atoms with Gasteiger partial charge in [0, 0.05) is 0 Å². The first kappa shape index (κ1) is 17.1. The molecule has 6 nitrogen and oxygen atoms in total. The van der Waals surface area contributed by atoms with E-state index in [1.807, 2.05) is 0 Å². The maximum atomic E-state index is 12.3. The summed E-state index contributed by atoms with van der Waals surface area (Å²) in [6, 6.07) is 2.13. The van der Waals surface area contributed by atoms with E-state index in [0.717, 1.165) is 26.4 Å². The molecule has 21 heavy (non-hydrogen) atoms. The monoisotopic (exact) mass is 328 g/mol. The minimum absolute atomic E-state index is 0.0244. The van der Waals surface area contributed by atoms with Gasteiger partial charge in [-0.2, -0.15) is 21.6 Å². The normalized spacial score (nSPS) is 11.9. The number of methoxy groups -OCH3 is 2. The van der Waals surface area contributed by atoms with Gasteiger partial charge in [-0.25, -0.2) is 4.79 Å². The number of ether oxygens (including phenoxy) is 2. The molecule has 0 spiro atoms. The van der Waals surface area contributed by atoms with Crippen molar-refractivity contribution in [2.45, 2.75) is 12.4 Å². The van der Waals surface area contributed by atoms with Crippen molar-refractivity contribution in [2.75, 3.05) is 14.2 Å². The molecule has 0 atom stereocenters. The van der Waals surface area contributed by atoms with Crippen LogP contribution in [0.1, 0.15) is 15.9 Å². The van der Waals surface area contributed by atoms with Crippen LogP contribution in [-0.4, -0.2) is 34.1 Å². The Hall–Kier alpha value is -1.97. The first-order valence-corrected chi connectivity index (χ1v) is 6.72. The van der Waals surface area contributed by atoms with Crippen LogP contribution in [-0.2, 0) is 14.9 Å². The van der Waals surface area contributed by atoms with E-state index in [1.54, 1.807) is 0 Å². The van der Waals surface area contributed by atoms with Crippen molar-refractivity contribution in [3.8, 4) is 11.5 Å². The van der Waals surface area contributed by atoms with Crippen molar-refractivity contribution in [3.05, 3.63) is 23.3 Å². The molecule has 0 bridgehead atoms. The van der Waals surface area contributed by atoms with Gasteiger partial charge in [0.1, 0.15) is 0 Å². The van der Waals surface area contributed by atoms with E-state index < -0.39 is 27.3 Å². The molecule has 0 aromatic heterocycles. The van der Waals surface area contributed by atoms with Gasteiger partial charge < -0.3 is 13.7 Å². The number of rotatable bonds is 4. The summed E-state index contributed by atoms with van der Waals surface area (Å²) < 4.78 is 72.3. The molecule has 1 rings (SSSR count). The van der Waals surface area contributed by atoms with Gasteiger partial charge in [0.25, 0.3) is 0 Å². The summed E-state index contributed by atoms with van der Waals surface area (Å²) in [6.07, 6.45) is 0. The van der Waals surface area contributed by atoms with Gasteiger partial charge in [0.2, 0.25) is 0 Å². The van der Waals surface area contributed by atoms with Gasteiger partial charge >= 0.3 is 21.6 Å². The van der Waals surface area contributed by atoms with Crippen LogP contribution in [0.3, 0.4) is 0 Å². The third-order valence-corrected chi connectivity index (χ3v) is 3.31. The molecule has 0 saturated carbocycles. The van der Waals surface area contributed by atoms with Crippen LogP contribution >= 0.6 is 0 Å². The first-order chi connectivity index (χ1) is 9.53. The lowest BCUT2D eigenvalue weighted by atomic mass is 10.1. The first-order valence-electron chi connectivity index (χ1n) is 5.31. The molecule has 0 N–H and O–H groups in total. The van der Waals surface area contributed by atoms with Gasteiger partial charge in [0.15, 0.2) is 11.5 Å². The zero-order valence-electron chi connectivity index (χ0n) is 11.1. The average molecular weight is 328 g/mol. The molecule has 0 amide bonds. The largest absolute Gasteiger partial charge is 0.534 e. The highest BCUT2D eigenvalue weighted by Crippen LogP contribution is 2.36. The average Bonchev–Trinajstić information content (AvgIpc) is 2.38. The number of hydrogen-bond acceptors (Lipinski definition) is 6. The van der Waals surface area contributed by atoms with Crippen LogP contribution in [0.2, 0.25) is 0 Å². The Morgan fingerprint density at radius 2 is 1.76 bits per heavy atom. The molecule has 0 saturated heterocycles. The second-order valence-electron chi connectivity index (χ2n) is 3.80. The predicted molar refractivity (Wildman–Crippen MR) is 64.7 cm³/mol. The van der Waals surface area contributed by atoms with E-state index >= 15 is 0 Å². The van der Waals surface area contributed by atoms with Gasteiger partial charge in [-0.3, -0.25) is 0 Å². The molecule has 0 heterocycles. The molecule has 0 unspecified atom stereocenters. The predicted octanol–water partition coefficient (Wildman–Crippen LogP) is 2.02. The van der Waals surface area contributed by atoms with Crippen LogP contribution in [0.25, 0.3) is 0 Å². The summed E-state index contributed by atoms with van der Waals surface area (Å²) in [5.41, 5.74) is -5.64. The molecule has 0 aliphatic rings. The molecular formula is C11H11F3O6S. The molecule has 0 fully saturated rings. The van der Waals surface area contributed by atoms with Crippen molar-refractivity contribution in [3.63, 3.8) is 0 Å². The maximum absolute atomic E-state index is 12.3. The fraction of sp³-hybridized carbons (Fsp3) is 0.364. The molecule has 10 heteroatoms. The van der Waals surface area contributed by atoms with Crippen molar-refractivity contribution < 1.29 is 40.0 Å². The van der Waals surface area contributed by atoms with E-state index in [9.17, 15) is 26.4 Å². The minimum atomic E-state index is -5.84. The number of aryl methyl sites for hydroxylation is 1. The molecule has 0 aliphatic heterocycles. The Labute approximate surface area is 118 Å². The lowest BCUT2D eigenvalue weighted by molar-refractivity contribution is -0.0500. The standard InChI is InChI=1S/C11H11F3O6S/c1-6-4-7(10(15)19-3)5-8(18-2)9(6)20-21(16,17)11(12,13)14/h4-5H,1-3H3. The number of halogens is 3. The van der Waals surface area contributed by atoms with E-state index in [-0.39, 0.29) is 16.9 Å². The lowest BCUT2D eigenvalue weighted by Crippen LogP contribution is -2.28. The summed E-state index contributed by atoms with van der Waals surface area (Å²) in [6.45, 7) is 1.26. The second kappa shape index (κ2) is 5.80. The summed E-state index contributed by atoms with van der Waals surface area (Å²) in [5.74, 6) is -1.76. The van der Waals surface area contributed by atoms with Gasteiger partial charge in [-0.15, -0.1) is 0 Å². The number of carbonyl (C=O) groups excluding carboxylic acids is 1. The zero-order chi connectivity index (χ0) is 16.4. The molecule has 0 aliphatic carbocycles. The van der Waals surface area contributed by atoms with Gasteiger partial charge in [0.05, 0.1) is 19.8 Å². The van der Waals surface area contributed by atoms with E-state index in [4.69, 9.17) is 4.74 Å². The number of esters is 1. The van der Waals surface area contributed by atoms with Crippen LogP contribution in [0.4, 0.5) is 13.2 Å². The molecule has 1 aromatic rings. The van der Waals surface area contributed by atoms with Crippen molar-refractivity contribution in [1.29, 1.82) is 0 Å². The molecule has 0 radical (unpaired) electrons. The SMILES string of the molecule is COC(=O)c1cc(C)c(OS(=O)(=O)C(F)(F)F)c(OC)c1. The van der Waals surface area contributed by atoms with Crippen molar-refractivity contribution in [1.82, 2.24) is 0 Å². The highest BCUT2D eigenvalue weighted by atomic mass is 32.2. The summed E-state index contributed by atoms with van der Waals surface area (Å²) in [4.78, 5) is 11.4. The minimum Gasteiger partial charge on any atom is -0.493 e. The van der Waals surface area contributed by atoms with E-state index in [2.05, 4.69) is 8.92 Å². The van der Waals surface area contributed by atoms with Crippen LogP contribution in [0, 0.1) is 6.92 Å². The van der Waals surface area contributed by atoms with Crippen molar-refractivity contribution >= 4 is 16.1 Å². The Morgan fingerprint density at radius 3 is 2.19 bits per heavy atom. The quantitative estimate of drug-likeness (QED) is 0.478. The van der Waals surface area contributed by atoms with Gasteiger partial charge in [-0.1, -0.05) is 0 Å². The Bertz CT molecular complexity index is 651. The number of carbonyl (C=O) groups is 1. The Morgan fingerprint density at radius 1 is 1.19 bits per heavy atom. The van der Waals surface area contributed by atoms with Crippen LogP contribution in [0.15, 0.2) is 12.1 Å². The molecule has 1 aromatic carbocycles. The third kappa shape index (κ3) is 3.57. The molecule has 118 valence electrons. The fourth-order valence-corrected chi connectivity index (χ4v) is 1.92. The number of alkyl halides is 3. The summed E-state index contributed by atoms with van der Waals surface area (Å²) in [7, 11) is -3.64. The number of benzene rings is 1. The zero-order valence-corrected chi connectivity index (χ0v) is 12.0. The highest BCUT2D eigenvalue weighted by molar-refractivity contribution is 7.88. The second-order valence-corrected chi connectivity index (χ2v) is 5.34. The van der Waals surface area contributed by atoms with Gasteiger partial charge in [-0.05, 0) is 24.6 Å². The van der Waals surface area contributed by atoms with E-state index in [0.29, 0.717) is 0 Å². The Kier molecular flexibility index (Phi) is 4.72. The van der Waals surface area contributed by atoms with Crippen molar-refractivity contribution in [2.24, 2.45) is 0 Å². The Balaban J connectivity index is 3.36. The van der Waals surface area contributed by atoms with Crippen LogP contribution < -0.4 is 8.92 Å². The molecular weight excluding hydrogens is 317 g/mol. The summed E-state index contributed by atoms with van der Waals surface area (Å²) >= 11 is 0.